The van der Waals surface area contributed by atoms with Crippen molar-refractivity contribution in [3.8, 4) is 0 Å². The Morgan fingerprint density at radius 1 is 1.35 bits per heavy atom. The van der Waals surface area contributed by atoms with Crippen LogP contribution in [0.15, 0.2) is 10.7 Å². The van der Waals surface area contributed by atoms with Gasteiger partial charge in [0.2, 0.25) is 0 Å². The van der Waals surface area contributed by atoms with Crippen LogP contribution in [0.2, 0.25) is 0 Å². The molecule has 2 nitrogen and oxygen atoms in total. The molecule has 0 radical (unpaired) electrons. The number of hydrogen-bond donors (Lipinski definition) is 0. The minimum Gasteiger partial charge on any atom is -0.266 e. The highest BCUT2D eigenvalue weighted by atomic mass is 79.9. The van der Waals surface area contributed by atoms with Crippen molar-refractivity contribution >= 4 is 31.9 Å². The van der Waals surface area contributed by atoms with Crippen molar-refractivity contribution in [2.45, 2.75) is 58.3 Å². The van der Waals surface area contributed by atoms with Crippen LogP contribution in [0.5, 0.6) is 0 Å². The van der Waals surface area contributed by atoms with E-state index in [-0.39, 0.29) is 0 Å². The molecule has 1 atom stereocenters. The zero-order chi connectivity index (χ0) is 13.2. The SMILES string of the molecule is CC(C)n1ncc(Br)c1CCC(Br)C(C)(C)C. The van der Waals surface area contributed by atoms with Crippen LogP contribution in [0.4, 0.5) is 0 Å². The van der Waals surface area contributed by atoms with E-state index in [9.17, 15) is 0 Å². The second-order valence-electron chi connectivity index (χ2n) is 5.85. The molecule has 0 aliphatic heterocycles. The van der Waals surface area contributed by atoms with Gasteiger partial charge in [0.1, 0.15) is 0 Å². The zero-order valence-electron chi connectivity index (χ0n) is 11.3. The van der Waals surface area contributed by atoms with E-state index in [0.29, 0.717) is 16.3 Å². The van der Waals surface area contributed by atoms with Crippen molar-refractivity contribution < 1.29 is 0 Å². The number of alkyl halides is 1. The summed E-state index contributed by atoms with van der Waals surface area (Å²) in [4.78, 5) is 0.525. The molecule has 0 amide bonds. The Bertz CT molecular complexity index is 364. The molecular weight excluding hydrogens is 344 g/mol. The number of hydrogen-bond acceptors (Lipinski definition) is 1. The summed E-state index contributed by atoms with van der Waals surface area (Å²) in [7, 11) is 0. The van der Waals surface area contributed by atoms with Gasteiger partial charge in [0, 0.05) is 10.9 Å². The van der Waals surface area contributed by atoms with Gasteiger partial charge in [-0.25, -0.2) is 0 Å². The van der Waals surface area contributed by atoms with Gasteiger partial charge in [0.25, 0.3) is 0 Å². The quantitative estimate of drug-likeness (QED) is 0.689. The minimum atomic E-state index is 0.301. The van der Waals surface area contributed by atoms with E-state index in [1.807, 2.05) is 6.20 Å². The molecule has 1 aromatic heterocycles. The maximum absolute atomic E-state index is 4.41. The number of aromatic nitrogens is 2. The lowest BCUT2D eigenvalue weighted by molar-refractivity contribution is 0.381. The van der Waals surface area contributed by atoms with Crippen LogP contribution >= 0.6 is 31.9 Å². The fourth-order valence-electron chi connectivity index (χ4n) is 1.74. The average Bonchev–Trinajstić information content (AvgIpc) is 2.54. The van der Waals surface area contributed by atoms with Crippen LogP contribution in [-0.4, -0.2) is 14.6 Å². The van der Waals surface area contributed by atoms with E-state index in [0.717, 1.165) is 17.3 Å². The summed E-state index contributed by atoms with van der Waals surface area (Å²) in [5.41, 5.74) is 1.60. The molecule has 0 aliphatic rings. The highest BCUT2D eigenvalue weighted by Gasteiger charge is 2.22. The van der Waals surface area contributed by atoms with Gasteiger partial charge in [-0.1, -0.05) is 36.7 Å². The molecule has 98 valence electrons. The molecule has 0 N–H and O–H groups in total. The Hall–Kier alpha value is 0.170. The fraction of sp³-hybridized carbons (Fsp3) is 0.769. The highest BCUT2D eigenvalue weighted by molar-refractivity contribution is 9.10. The van der Waals surface area contributed by atoms with Gasteiger partial charge in [-0.3, -0.25) is 4.68 Å². The van der Waals surface area contributed by atoms with E-state index < -0.39 is 0 Å². The van der Waals surface area contributed by atoms with Crippen molar-refractivity contribution in [3.63, 3.8) is 0 Å². The number of nitrogens with zero attached hydrogens (tertiary/aromatic N) is 2. The maximum atomic E-state index is 4.41. The third-order valence-corrected chi connectivity index (χ3v) is 5.40. The molecule has 17 heavy (non-hydrogen) atoms. The Morgan fingerprint density at radius 2 is 1.94 bits per heavy atom. The number of halogens is 2. The molecule has 0 fully saturated rings. The lowest BCUT2D eigenvalue weighted by Crippen LogP contribution is -2.21. The van der Waals surface area contributed by atoms with Crippen LogP contribution in [0.1, 0.15) is 52.8 Å². The molecule has 1 unspecified atom stereocenters. The third kappa shape index (κ3) is 4.09. The monoisotopic (exact) mass is 364 g/mol. The molecule has 1 rings (SSSR count). The minimum absolute atomic E-state index is 0.301. The van der Waals surface area contributed by atoms with Gasteiger partial charge < -0.3 is 0 Å². The van der Waals surface area contributed by atoms with E-state index in [1.165, 1.54) is 5.69 Å². The van der Waals surface area contributed by atoms with Gasteiger partial charge in [-0.05, 0) is 48.0 Å². The normalized spacial score (nSPS) is 14.4. The summed E-state index contributed by atoms with van der Waals surface area (Å²) in [6, 6.07) is 0.416. The second kappa shape index (κ2) is 5.87. The first-order valence-corrected chi connectivity index (χ1v) is 7.80. The Balaban J connectivity index is 2.72. The molecule has 0 bridgehead atoms. The largest absolute Gasteiger partial charge is 0.266 e. The Labute approximate surface area is 121 Å². The van der Waals surface area contributed by atoms with E-state index in [2.05, 4.69) is 76.3 Å². The van der Waals surface area contributed by atoms with Crippen LogP contribution < -0.4 is 0 Å². The third-order valence-electron chi connectivity index (χ3n) is 2.91. The van der Waals surface area contributed by atoms with Crippen LogP contribution in [0.25, 0.3) is 0 Å². The zero-order valence-corrected chi connectivity index (χ0v) is 14.5. The summed E-state index contributed by atoms with van der Waals surface area (Å²) in [5, 5.41) is 4.41. The highest BCUT2D eigenvalue weighted by Crippen LogP contribution is 2.31. The Kier molecular flexibility index (Phi) is 5.26. The fourth-order valence-corrected chi connectivity index (χ4v) is 2.44. The molecule has 4 heteroatoms. The Morgan fingerprint density at radius 3 is 2.41 bits per heavy atom. The molecule has 1 aromatic rings. The first kappa shape index (κ1) is 15.2. The topological polar surface area (TPSA) is 17.8 Å². The molecule has 0 aliphatic carbocycles. The van der Waals surface area contributed by atoms with Crippen LogP contribution in [0, 0.1) is 5.41 Å². The molecule has 0 saturated heterocycles. The van der Waals surface area contributed by atoms with E-state index in [4.69, 9.17) is 0 Å². The van der Waals surface area contributed by atoms with E-state index >= 15 is 0 Å². The van der Waals surface area contributed by atoms with Crippen molar-refractivity contribution in [1.29, 1.82) is 0 Å². The molecule has 0 spiro atoms. The van der Waals surface area contributed by atoms with Gasteiger partial charge in [-0.15, -0.1) is 0 Å². The summed E-state index contributed by atoms with van der Waals surface area (Å²) in [5.74, 6) is 0. The lowest BCUT2D eigenvalue weighted by atomic mass is 9.89. The first-order valence-electron chi connectivity index (χ1n) is 6.09. The smallest absolute Gasteiger partial charge is 0.0635 e. The molecule has 0 aromatic carbocycles. The van der Waals surface area contributed by atoms with Gasteiger partial charge >= 0.3 is 0 Å². The molecule has 0 saturated carbocycles. The van der Waals surface area contributed by atoms with Crippen molar-refractivity contribution in [3.05, 3.63) is 16.4 Å². The summed E-state index contributed by atoms with van der Waals surface area (Å²) < 4.78 is 3.23. The summed E-state index contributed by atoms with van der Waals surface area (Å²) in [6.07, 6.45) is 4.07. The summed E-state index contributed by atoms with van der Waals surface area (Å²) >= 11 is 7.37. The molecular formula is C13H22Br2N2. The maximum Gasteiger partial charge on any atom is 0.0635 e. The van der Waals surface area contributed by atoms with Crippen molar-refractivity contribution in [2.75, 3.05) is 0 Å². The van der Waals surface area contributed by atoms with Gasteiger partial charge in [0.05, 0.1) is 16.4 Å². The van der Waals surface area contributed by atoms with Crippen molar-refractivity contribution in [2.24, 2.45) is 5.41 Å². The van der Waals surface area contributed by atoms with Crippen molar-refractivity contribution in [1.82, 2.24) is 9.78 Å². The standard InChI is InChI=1S/C13H22Br2N2/c1-9(2)17-11(10(14)8-16-17)6-7-12(15)13(3,4)5/h8-9,12H,6-7H2,1-5H3. The second-order valence-corrected chi connectivity index (χ2v) is 7.81. The van der Waals surface area contributed by atoms with Gasteiger partial charge in [-0.2, -0.15) is 5.10 Å². The predicted molar refractivity (Wildman–Crippen MR) is 80.8 cm³/mol. The average molecular weight is 366 g/mol. The first-order chi connectivity index (χ1) is 7.73. The van der Waals surface area contributed by atoms with Crippen LogP contribution in [-0.2, 0) is 6.42 Å². The van der Waals surface area contributed by atoms with Gasteiger partial charge in [0.15, 0.2) is 0 Å². The summed E-state index contributed by atoms with van der Waals surface area (Å²) in [6.45, 7) is 11.1. The number of rotatable bonds is 4. The predicted octanol–water partition coefficient (Wildman–Crippen LogP) is 4.97. The lowest BCUT2D eigenvalue weighted by Gasteiger charge is -2.25. The molecule has 1 heterocycles. The van der Waals surface area contributed by atoms with E-state index in [1.54, 1.807) is 0 Å². The van der Waals surface area contributed by atoms with Crippen LogP contribution in [0.3, 0.4) is 0 Å².